The highest BCUT2D eigenvalue weighted by Crippen LogP contribution is 2.21. The second-order valence-electron chi connectivity index (χ2n) is 6.47. The van der Waals surface area contributed by atoms with Crippen molar-refractivity contribution in [2.45, 2.75) is 45.3 Å². The van der Waals surface area contributed by atoms with Crippen LogP contribution in [0.3, 0.4) is 0 Å². The molecular formula is C16H20FN3O4. The molecule has 24 heavy (non-hydrogen) atoms. The number of anilines is 2. The van der Waals surface area contributed by atoms with Gasteiger partial charge in [0, 0.05) is 12.1 Å². The maximum Gasteiger partial charge on any atom is 0.412 e. The molecular weight excluding hydrogens is 317 g/mol. The van der Waals surface area contributed by atoms with Crippen molar-refractivity contribution in [2.24, 2.45) is 0 Å². The maximum atomic E-state index is 13.9. The van der Waals surface area contributed by atoms with Gasteiger partial charge in [0.25, 0.3) is 0 Å². The van der Waals surface area contributed by atoms with E-state index in [1.54, 1.807) is 20.8 Å². The first kappa shape index (κ1) is 17.7. The lowest BCUT2D eigenvalue weighted by molar-refractivity contribution is -0.122. The number of rotatable bonds is 3. The number of hydrogen-bond acceptors (Lipinski definition) is 4. The number of halogens is 1. The summed E-state index contributed by atoms with van der Waals surface area (Å²) in [4.78, 5) is 34.9. The third-order valence-electron chi connectivity index (χ3n) is 3.18. The van der Waals surface area contributed by atoms with Gasteiger partial charge >= 0.3 is 6.09 Å². The summed E-state index contributed by atoms with van der Waals surface area (Å²) in [5.41, 5.74) is -0.479. The van der Waals surface area contributed by atoms with Gasteiger partial charge in [-0.25, -0.2) is 9.18 Å². The smallest absolute Gasteiger partial charge is 0.412 e. The van der Waals surface area contributed by atoms with Crippen LogP contribution in [-0.4, -0.2) is 29.6 Å². The van der Waals surface area contributed by atoms with E-state index >= 15 is 0 Å². The number of hydrogen-bond donors (Lipinski definition) is 3. The highest BCUT2D eigenvalue weighted by molar-refractivity contribution is 5.99. The Hall–Kier alpha value is -2.64. The predicted molar refractivity (Wildman–Crippen MR) is 86.1 cm³/mol. The van der Waals surface area contributed by atoms with E-state index in [1.165, 1.54) is 12.1 Å². The maximum absolute atomic E-state index is 13.9. The molecule has 1 heterocycles. The Kier molecular flexibility index (Phi) is 5.06. The van der Waals surface area contributed by atoms with Gasteiger partial charge in [0.1, 0.15) is 17.5 Å². The number of amides is 3. The topological polar surface area (TPSA) is 96.5 Å². The second kappa shape index (κ2) is 6.86. The highest BCUT2D eigenvalue weighted by atomic mass is 19.1. The summed E-state index contributed by atoms with van der Waals surface area (Å²) in [6, 6.07) is 3.08. The van der Waals surface area contributed by atoms with Crippen LogP contribution in [-0.2, 0) is 14.3 Å². The molecule has 0 radical (unpaired) electrons. The fourth-order valence-electron chi connectivity index (χ4n) is 2.15. The summed E-state index contributed by atoms with van der Waals surface area (Å²) in [6.45, 7) is 5.16. The molecule has 0 bridgehead atoms. The van der Waals surface area contributed by atoms with Crippen LogP contribution in [0.2, 0.25) is 0 Å². The molecule has 1 aromatic rings. The quantitative estimate of drug-likeness (QED) is 0.789. The van der Waals surface area contributed by atoms with Crippen LogP contribution < -0.4 is 16.0 Å². The molecule has 1 aliphatic heterocycles. The monoisotopic (exact) mass is 337 g/mol. The largest absolute Gasteiger partial charge is 0.444 e. The van der Waals surface area contributed by atoms with Gasteiger partial charge in [-0.2, -0.15) is 0 Å². The molecule has 0 unspecified atom stereocenters. The minimum absolute atomic E-state index is 0.0882. The molecule has 8 heteroatoms. The number of carbonyl (C=O) groups is 3. The molecule has 1 aromatic carbocycles. The van der Waals surface area contributed by atoms with E-state index in [1.807, 2.05) is 0 Å². The minimum Gasteiger partial charge on any atom is -0.444 e. The first-order valence-electron chi connectivity index (χ1n) is 7.54. The molecule has 3 N–H and O–H groups in total. The third-order valence-corrected chi connectivity index (χ3v) is 3.18. The van der Waals surface area contributed by atoms with Crippen molar-refractivity contribution in [2.75, 3.05) is 10.6 Å². The summed E-state index contributed by atoms with van der Waals surface area (Å²) in [6.07, 6.45) is -0.0578. The summed E-state index contributed by atoms with van der Waals surface area (Å²) in [7, 11) is 0. The zero-order valence-electron chi connectivity index (χ0n) is 13.7. The van der Waals surface area contributed by atoms with E-state index in [-0.39, 0.29) is 23.7 Å². The summed E-state index contributed by atoms with van der Waals surface area (Å²) < 4.78 is 19.0. The second-order valence-corrected chi connectivity index (χ2v) is 6.47. The molecule has 0 saturated carbocycles. The Bertz CT molecular complexity index is 670. The van der Waals surface area contributed by atoms with Gasteiger partial charge in [0.2, 0.25) is 11.8 Å². The number of carbonyl (C=O) groups excluding carboxylic acids is 3. The van der Waals surface area contributed by atoms with Crippen molar-refractivity contribution >= 4 is 29.3 Å². The SMILES string of the molecule is CC(C)(C)OC(=O)Nc1ccc(F)c(NC(=O)[C@@H]2CCC(=O)N2)c1. The standard InChI is InChI=1S/C16H20FN3O4/c1-16(2,3)24-15(23)18-9-4-5-10(17)12(8-9)20-14(22)11-6-7-13(21)19-11/h4-5,8,11H,6-7H2,1-3H3,(H,18,23)(H,19,21)(H,20,22)/t11-/m0/s1. The lowest BCUT2D eigenvalue weighted by atomic mass is 10.2. The van der Waals surface area contributed by atoms with Gasteiger partial charge < -0.3 is 15.4 Å². The van der Waals surface area contributed by atoms with Crippen LogP contribution in [0, 0.1) is 5.82 Å². The van der Waals surface area contributed by atoms with Crippen LogP contribution in [0.5, 0.6) is 0 Å². The average Bonchev–Trinajstić information content (AvgIpc) is 2.87. The van der Waals surface area contributed by atoms with Crippen LogP contribution in [0.15, 0.2) is 18.2 Å². The first-order valence-corrected chi connectivity index (χ1v) is 7.54. The number of benzene rings is 1. The Morgan fingerprint density at radius 2 is 2.00 bits per heavy atom. The van der Waals surface area contributed by atoms with Crippen molar-refractivity contribution in [3.63, 3.8) is 0 Å². The van der Waals surface area contributed by atoms with Gasteiger partial charge in [0.15, 0.2) is 0 Å². The third kappa shape index (κ3) is 4.94. The summed E-state index contributed by atoms with van der Waals surface area (Å²) in [5.74, 6) is -1.37. The van der Waals surface area contributed by atoms with E-state index in [0.29, 0.717) is 6.42 Å². The van der Waals surface area contributed by atoms with Gasteiger partial charge in [-0.15, -0.1) is 0 Å². The van der Waals surface area contributed by atoms with Gasteiger partial charge in [-0.1, -0.05) is 0 Å². The van der Waals surface area contributed by atoms with Gasteiger partial charge in [0.05, 0.1) is 5.69 Å². The molecule has 1 aliphatic rings. The van der Waals surface area contributed by atoms with Crippen LogP contribution in [0.1, 0.15) is 33.6 Å². The lowest BCUT2D eigenvalue weighted by Gasteiger charge is -2.20. The average molecular weight is 337 g/mol. The Labute approximate surface area is 138 Å². The van der Waals surface area contributed by atoms with Crippen molar-refractivity contribution in [3.8, 4) is 0 Å². The molecule has 2 rings (SSSR count). The van der Waals surface area contributed by atoms with Crippen molar-refractivity contribution < 1.29 is 23.5 Å². The molecule has 130 valence electrons. The molecule has 0 spiro atoms. The minimum atomic E-state index is -0.686. The molecule has 1 atom stereocenters. The molecule has 0 aliphatic carbocycles. The van der Waals surface area contributed by atoms with Crippen molar-refractivity contribution in [1.29, 1.82) is 0 Å². The van der Waals surface area contributed by atoms with Crippen molar-refractivity contribution in [1.82, 2.24) is 5.32 Å². The molecule has 0 aromatic heterocycles. The van der Waals surface area contributed by atoms with E-state index < -0.39 is 29.5 Å². The van der Waals surface area contributed by atoms with Crippen LogP contribution in [0.25, 0.3) is 0 Å². The van der Waals surface area contributed by atoms with Gasteiger partial charge in [-0.3, -0.25) is 14.9 Å². The Balaban J connectivity index is 2.04. The molecule has 7 nitrogen and oxygen atoms in total. The van der Waals surface area contributed by atoms with Crippen LogP contribution >= 0.6 is 0 Å². The number of ether oxygens (including phenoxy) is 1. The zero-order valence-corrected chi connectivity index (χ0v) is 13.7. The fraction of sp³-hybridized carbons (Fsp3) is 0.438. The zero-order chi connectivity index (χ0) is 17.9. The summed E-state index contributed by atoms with van der Waals surface area (Å²) in [5, 5.41) is 7.38. The van der Waals surface area contributed by atoms with E-state index in [0.717, 1.165) is 6.07 Å². The molecule has 3 amide bonds. The van der Waals surface area contributed by atoms with Gasteiger partial charge in [-0.05, 0) is 45.4 Å². The fourth-order valence-corrected chi connectivity index (χ4v) is 2.15. The lowest BCUT2D eigenvalue weighted by Crippen LogP contribution is -2.37. The van der Waals surface area contributed by atoms with E-state index in [2.05, 4.69) is 16.0 Å². The molecule has 1 fully saturated rings. The van der Waals surface area contributed by atoms with Crippen molar-refractivity contribution in [3.05, 3.63) is 24.0 Å². The van der Waals surface area contributed by atoms with E-state index in [4.69, 9.17) is 4.74 Å². The Morgan fingerprint density at radius 1 is 1.29 bits per heavy atom. The first-order chi connectivity index (χ1) is 11.1. The number of nitrogens with one attached hydrogen (secondary N) is 3. The Morgan fingerprint density at radius 3 is 2.58 bits per heavy atom. The predicted octanol–water partition coefficient (Wildman–Crippen LogP) is 2.39. The highest BCUT2D eigenvalue weighted by Gasteiger charge is 2.27. The van der Waals surface area contributed by atoms with E-state index in [9.17, 15) is 18.8 Å². The summed E-state index contributed by atoms with van der Waals surface area (Å²) >= 11 is 0. The molecule has 1 saturated heterocycles. The van der Waals surface area contributed by atoms with Crippen LogP contribution in [0.4, 0.5) is 20.6 Å². The normalized spacial score (nSPS) is 17.2.